The van der Waals surface area contributed by atoms with Crippen LogP contribution in [0.4, 0.5) is 4.79 Å². The van der Waals surface area contributed by atoms with Crippen LogP contribution in [0.5, 0.6) is 0 Å². The fraction of sp³-hybridized carbons (Fsp3) is 0.929. The summed E-state index contributed by atoms with van der Waals surface area (Å²) in [5, 5.41) is 8.87. The smallest absolute Gasteiger partial charge is 0.410 e. The first-order valence-corrected chi connectivity index (χ1v) is 6.94. The lowest BCUT2D eigenvalue weighted by Crippen LogP contribution is -2.47. The standard InChI is InChI=1S/C14H27NO3/c1-11-7-8-12(6-5-9-16)10-15(11)13(17)18-14(2,3)4/h11-12,16H,5-10H2,1-4H3/t11-,12-/m0/s1. The Bertz CT molecular complexity index is 271. The summed E-state index contributed by atoms with van der Waals surface area (Å²) in [6.45, 7) is 8.75. The molecule has 0 unspecified atom stereocenters. The highest BCUT2D eigenvalue weighted by Gasteiger charge is 2.31. The zero-order valence-corrected chi connectivity index (χ0v) is 12.1. The first-order chi connectivity index (χ1) is 8.33. The lowest BCUT2D eigenvalue weighted by Gasteiger charge is -2.38. The molecule has 1 saturated heterocycles. The number of ether oxygens (including phenoxy) is 1. The van der Waals surface area contributed by atoms with E-state index in [-0.39, 0.29) is 18.7 Å². The lowest BCUT2D eigenvalue weighted by molar-refractivity contribution is 0.00450. The molecule has 0 aromatic heterocycles. The van der Waals surface area contributed by atoms with Gasteiger partial charge in [-0.25, -0.2) is 4.79 Å². The maximum absolute atomic E-state index is 12.1. The minimum Gasteiger partial charge on any atom is -0.444 e. The Balaban J connectivity index is 2.53. The van der Waals surface area contributed by atoms with E-state index in [0.717, 1.165) is 32.2 Å². The summed E-state index contributed by atoms with van der Waals surface area (Å²) in [6.07, 6.45) is 3.77. The van der Waals surface area contributed by atoms with Gasteiger partial charge in [0.25, 0.3) is 0 Å². The topological polar surface area (TPSA) is 49.8 Å². The van der Waals surface area contributed by atoms with E-state index in [4.69, 9.17) is 9.84 Å². The van der Waals surface area contributed by atoms with E-state index in [9.17, 15) is 4.79 Å². The van der Waals surface area contributed by atoms with Crippen LogP contribution in [-0.2, 0) is 4.74 Å². The van der Waals surface area contributed by atoms with Gasteiger partial charge < -0.3 is 14.7 Å². The summed E-state index contributed by atoms with van der Waals surface area (Å²) in [7, 11) is 0. The van der Waals surface area contributed by atoms with Gasteiger partial charge >= 0.3 is 6.09 Å². The van der Waals surface area contributed by atoms with Gasteiger partial charge in [0, 0.05) is 19.2 Å². The fourth-order valence-corrected chi connectivity index (χ4v) is 2.37. The molecule has 106 valence electrons. The molecule has 4 nitrogen and oxygen atoms in total. The van der Waals surface area contributed by atoms with Crippen LogP contribution in [-0.4, -0.2) is 40.9 Å². The first-order valence-electron chi connectivity index (χ1n) is 6.94. The van der Waals surface area contributed by atoms with E-state index in [0.29, 0.717) is 5.92 Å². The second-order valence-electron chi connectivity index (χ2n) is 6.29. The minimum absolute atomic E-state index is 0.205. The summed E-state index contributed by atoms with van der Waals surface area (Å²) in [5.41, 5.74) is -0.436. The normalized spacial score (nSPS) is 25.1. The Labute approximate surface area is 110 Å². The van der Waals surface area contributed by atoms with Gasteiger partial charge in [-0.1, -0.05) is 0 Å². The van der Waals surface area contributed by atoms with Gasteiger partial charge in [-0.2, -0.15) is 0 Å². The van der Waals surface area contributed by atoms with Crippen LogP contribution in [0.3, 0.4) is 0 Å². The van der Waals surface area contributed by atoms with Crippen molar-refractivity contribution in [1.29, 1.82) is 0 Å². The van der Waals surface area contributed by atoms with Crippen LogP contribution in [0, 0.1) is 5.92 Å². The Morgan fingerprint density at radius 3 is 2.61 bits per heavy atom. The molecule has 4 heteroatoms. The predicted octanol–water partition coefficient (Wildman–Crippen LogP) is 2.79. The molecular weight excluding hydrogens is 230 g/mol. The van der Waals surface area contributed by atoms with E-state index < -0.39 is 5.60 Å². The highest BCUT2D eigenvalue weighted by molar-refractivity contribution is 5.68. The SMILES string of the molecule is C[C@H]1CC[C@H](CCCO)CN1C(=O)OC(C)(C)C. The van der Waals surface area contributed by atoms with Crippen molar-refractivity contribution in [3.8, 4) is 0 Å². The van der Waals surface area contributed by atoms with Gasteiger partial charge in [0.05, 0.1) is 0 Å². The summed E-state index contributed by atoms with van der Waals surface area (Å²) in [6, 6.07) is 0.255. The fourth-order valence-electron chi connectivity index (χ4n) is 2.37. The van der Waals surface area contributed by atoms with Gasteiger partial charge in [-0.15, -0.1) is 0 Å². The Kier molecular flexibility index (Phi) is 5.45. The van der Waals surface area contributed by atoms with E-state index >= 15 is 0 Å². The Morgan fingerprint density at radius 1 is 1.39 bits per heavy atom. The lowest BCUT2D eigenvalue weighted by atomic mass is 9.90. The maximum atomic E-state index is 12.1. The molecule has 0 bridgehead atoms. The van der Waals surface area contributed by atoms with Crippen LogP contribution in [0.25, 0.3) is 0 Å². The summed E-state index contributed by atoms with van der Waals surface area (Å²) < 4.78 is 5.44. The maximum Gasteiger partial charge on any atom is 0.410 e. The zero-order chi connectivity index (χ0) is 13.8. The number of piperidine rings is 1. The Hall–Kier alpha value is -0.770. The number of amides is 1. The van der Waals surface area contributed by atoms with Gasteiger partial charge in [0.2, 0.25) is 0 Å². The molecule has 1 aliphatic heterocycles. The molecule has 0 aromatic carbocycles. The molecule has 1 aliphatic rings. The van der Waals surface area contributed by atoms with E-state index in [1.807, 2.05) is 25.7 Å². The van der Waals surface area contributed by atoms with Crippen molar-refractivity contribution in [2.45, 2.75) is 65.0 Å². The number of hydrogen-bond acceptors (Lipinski definition) is 3. The van der Waals surface area contributed by atoms with E-state index in [1.54, 1.807) is 0 Å². The molecule has 1 rings (SSSR count). The molecule has 0 spiro atoms. The number of nitrogens with zero attached hydrogens (tertiary/aromatic N) is 1. The number of carbonyl (C=O) groups is 1. The summed E-state index contributed by atoms with van der Waals surface area (Å²) in [5.74, 6) is 0.501. The van der Waals surface area contributed by atoms with Crippen molar-refractivity contribution in [1.82, 2.24) is 4.90 Å². The third kappa shape index (κ3) is 4.84. The minimum atomic E-state index is -0.436. The van der Waals surface area contributed by atoms with Gasteiger partial charge in [0.15, 0.2) is 0 Å². The molecule has 1 fully saturated rings. The summed E-state index contributed by atoms with van der Waals surface area (Å²) in [4.78, 5) is 13.9. The number of aliphatic hydroxyl groups excluding tert-OH is 1. The quantitative estimate of drug-likeness (QED) is 0.845. The second kappa shape index (κ2) is 6.41. The van der Waals surface area contributed by atoms with Gasteiger partial charge in [-0.05, 0) is 59.3 Å². The van der Waals surface area contributed by atoms with Gasteiger partial charge in [0.1, 0.15) is 5.60 Å². The zero-order valence-electron chi connectivity index (χ0n) is 12.1. The molecule has 1 N–H and O–H groups in total. The Morgan fingerprint density at radius 2 is 2.06 bits per heavy atom. The van der Waals surface area contributed by atoms with Gasteiger partial charge in [-0.3, -0.25) is 0 Å². The van der Waals surface area contributed by atoms with Crippen LogP contribution in [0.1, 0.15) is 53.4 Å². The molecule has 0 radical (unpaired) electrons. The largest absolute Gasteiger partial charge is 0.444 e. The number of hydrogen-bond donors (Lipinski definition) is 1. The highest BCUT2D eigenvalue weighted by Crippen LogP contribution is 2.26. The molecule has 18 heavy (non-hydrogen) atoms. The number of carbonyl (C=O) groups excluding carboxylic acids is 1. The van der Waals surface area contributed by atoms with Crippen LogP contribution >= 0.6 is 0 Å². The number of rotatable bonds is 3. The van der Waals surface area contributed by atoms with Crippen molar-refractivity contribution in [2.75, 3.05) is 13.2 Å². The molecule has 1 heterocycles. The molecule has 2 atom stereocenters. The summed E-state index contributed by atoms with van der Waals surface area (Å²) >= 11 is 0. The van der Waals surface area contributed by atoms with E-state index in [1.165, 1.54) is 0 Å². The van der Waals surface area contributed by atoms with Crippen molar-refractivity contribution in [3.63, 3.8) is 0 Å². The first kappa shape index (κ1) is 15.3. The molecule has 0 saturated carbocycles. The van der Waals surface area contributed by atoms with Crippen molar-refractivity contribution in [2.24, 2.45) is 5.92 Å². The van der Waals surface area contributed by atoms with E-state index in [2.05, 4.69) is 6.92 Å². The average molecular weight is 257 g/mol. The third-order valence-corrected chi connectivity index (χ3v) is 3.38. The second-order valence-corrected chi connectivity index (χ2v) is 6.29. The monoisotopic (exact) mass is 257 g/mol. The molecular formula is C14H27NO3. The van der Waals surface area contributed by atoms with Crippen molar-refractivity contribution in [3.05, 3.63) is 0 Å². The van der Waals surface area contributed by atoms with Crippen LogP contribution < -0.4 is 0 Å². The number of likely N-dealkylation sites (tertiary alicyclic amines) is 1. The van der Waals surface area contributed by atoms with Crippen molar-refractivity contribution < 1.29 is 14.6 Å². The van der Waals surface area contributed by atoms with Crippen molar-refractivity contribution >= 4 is 6.09 Å². The third-order valence-electron chi connectivity index (χ3n) is 3.38. The number of aliphatic hydroxyl groups is 1. The van der Waals surface area contributed by atoms with Crippen LogP contribution in [0.15, 0.2) is 0 Å². The predicted molar refractivity (Wildman–Crippen MR) is 71.4 cm³/mol. The molecule has 1 amide bonds. The average Bonchev–Trinajstić information content (AvgIpc) is 2.25. The molecule has 0 aromatic rings. The van der Waals surface area contributed by atoms with Crippen LogP contribution in [0.2, 0.25) is 0 Å². The molecule has 0 aliphatic carbocycles. The highest BCUT2D eigenvalue weighted by atomic mass is 16.6.